The number of hydrogen-bond donors (Lipinski definition) is 1. The largest absolute Gasteiger partial charge is 0.495 e. The Labute approximate surface area is 193 Å². The van der Waals surface area contributed by atoms with Crippen LogP contribution in [0.3, 0.4) is 0 Å². The maximum Gasteiger partial charge on any atom is 0.253 e. The Morgan fingerprint density at radius 3 is 2.21 bits per heavy atom. The Kier molecular flexibility index (Phi) is 7.42. The second kappa shape index (κ2) is 9.75. The van der Waals surface area contributed by atoms with Crippen LogP contribution in [0.4, 0.5) is 4.39 Å². The van der Waals surface area contributed by atoms with E-state index >= 15 is 0 Å². The molecule has 0 aromatic heterocycles. The van der Waals surface area contributed by atoms with Crippen molar-refractivity contribution in [2.45, 2.75) is 28.7 Å². The van der Waals surface area contributed by atoms with Crippen LogP contribution in [-0.2, 0) is 20.0 Å². The maximum atomic E-state index is 13.1. The van der Waals surface area contributed by atoms with E-state index < -0.39 is 25.9 Å². The molecule has 0 unspecified atom stereocenters. The number of amides is 1. The van der Waals surface area contributed by atoms with Gasteiger partial charge in [0, 0.05) is 38.8 Å². The summed E-state index contributed by atoms with van der Waals surface area (Å²) in [5, 5.41) is 0. The van der Waals surface area contributed by atoms with Crippen LogP contribution in [0, 0.1) is 5.82 Å². The summed E-state index contributed by atoms with van der Waals surface area (Å²) in [6, 6.07) is 8.39. The minimum atomic E-state index is -3.83. The zero-order chi connectivity index (χ0) is 24.4. The molecule has 12 heteroatoms. The van der Waals surface area contributed by atoms with Crippen molar-refractivity contribution < 1.29 is 30.8 Å². The summed E-state index contributed by atoms with van der Waals surface area (Å²) in [6.45, 7) is 0.578. The summed E-state index contributed by atoms with van der Waals surface area (Å²) >= 11 is 0. The van der Waals surface area contributed by atoms with Crippen molar-refractivity contribution >= 4 is 26.0 Å². The summed E-state index contributed by atoms with van der Waals surface area (Å²) in [5.41, 5.74) is 0.196. The molecule has 33 heavy (non-hydrogen) atoms. The highest BCUT2D eigenvalue weighted by Crippen LogP contribution is 2.28. The fourth-order valence-electron chi connectivity index (χ4n) is 3.49. The van der Waals surface area contributed by atoms with Crippen LogP contribution < -0.4 is 9.46 Å². The molecule has 0 saturated carbocycles. The van der Waals surface area contributed by atoms with Crippen LogP contribution in [-0.4, -0.2) is 72.3 Å². The predicted octanol–water partition coefficient (Wildman–Crippen LogP) is 1.67. The van der Waals surface area contributed by atoms with Crippen molar-refractivity contribution in [3.63, 3.8) is 0 Å². The number of ether oxygens (including phenoxy) is 1. The summed E-state index contributed by atoms with van der Waals surface area (Å²) in [5.74, 6) is -0.747. The lowest BCUT2D eigenvalue weighted by Crippen LogP contribution is -2.46. The molecule has 1 aliphatic rings. The molecule has 0 spiro atoms. The number of benzene rings is 2. The number of rotatable bonds is 7. The maximum absolute atomic E-state index is 13.1. The Bertz CT molecular complexity index is 1220. The highest BCUT2D eigenvalue weighted by molar-refractivity contribution is 7.89. The van der Waals surface area contributed by atoms with E-state index in [0.717, 1.165) is 16.4 Å². The number of carbonyl (C=O) groups excluding carboxylic acids is 1. The second-order valence-corrected chi connectivity index (χ2v) is 11.6. The Morgan fingerprint density at radius 1 is 1.06 bits per heavy atom. The van der Waals surface area contributed by atoms with Crippen molar-refractivity contribution in [2.75, 3.05) is 34.3 Å². The smallest absolute Gasteiger partial charge is 0.253 e. The first kappa shape index (κ1) is 25.1. The molecule has 9 nitrogen and oxygen atoms in total. The third-order valence-corrected chi connectivity index (χ3v) is 8.77. The van der Waals surface area contributed by atoms with Crippen LogP contribution in [0.25, 0.3) is 0 Å². The van der Waals surface area contributed by atoms with Crippen molar-refractivity contribution in [1.29, 1.82) is 0 Å². The predicted molar refractivity (Wildman–Crippen MR) is 120 cm³/mol. The molecule has 0 radical (unpaired) electrons. The molecule has 1 heterocycles. The summed E-state index contributed by atoms with van der Waals surface area (Å²) in [7, 11) is -3.51. The normalized spacial score (nSPS) is 15.6. The van der Waals surface area contributed by atoms with Gasteiger partial charge in [0.1, 0.15) is 16.5 Å². The third kappa shape index (κ3) is 5.52. The van der Waals surface area contributed by atoms with Crippen molar-refractivity contribution in [3.8, 4) is 5.75 Å². The fraction of sp³-hybridized carbons (Fsp3) is 0.381. The van der Waals surface area contributed by atoms with E-state index in [9.17, 15) is 26.0 Å². The quantitative estimate of drug-likeness (QED) is 0.620. The van der Waals surface area contributed by atoms with Gasteiger partial charge in [0.2, 0.25) is 20.0 Å². The Hall–Kier alpha value is -2.54. The highest BCUT2D eigenvalue weighted by Gasteiger charge is 2.29. The van der Waals surface area contributed by atoms with E-state index in [4.69, 9.17) is 4.74 Å². The van der Waals surface area contributed by atoms with E-state index in [1.165, 1.54) is 51.5 Å². The lowest BCUT2D eigenvalue weighted by atomic mass is 10.0. The first-order valence-electron chi connectivity index (χ1n) is 10.1. The van der Waals surface area contributed by atoms with Gasteiger partial charge in [-0.05, 0) is 55.3 Å². The second-order valence-electron chi connectivity index (χ2n) is 7.79. The van der Waals surface area contributed by atoms with Gasteiger partial charge in [-0.25, -0.2) is 30.3 Å². The first-order valence-corrected chi connectivity index (χ1v) is 13.1. The number of methoxy groups -OCH3 is 1. The van der Waals surface area contributed by atoms with Crippen LogP contribution in [0.5, 0.6) is 5.75 Å². The fourth-order valence-corrected chi connectivity index (χ4v) is 5.87. The van der Waals surface area contributed by atoms with Gasteiger partial charge in [-0.2, -0.15) is 0 Å². The number of nitrogens with one attached hydrogen (secondary N) is 1. The molecule has 3 rings (SSSR count). The minimum absolute atomic E-state index is 0.0322. The van der Waals surface area contributed by atoms with Crippen molar-refractivity contribution in [2.24, 2.45) is 0 Å². The summed E-state index contributed by atoms with van der Waals surface area (Å²) < 4.78 is 72.1. The zero-order valence-electron chi connectivity index (χ0n) is 18.5. The van der Waals surface area contributed by atoms with Gasteiger partial charge in [-0.15, -0.1) is 0 Å². The lowest BCUT2D eigenvalue weighted by molar-refractivity contribution is 0.0711. The van der Waals surface area contributed by atoms with Crippen molar-refractivity contribution in [3.05, 3.63) is 53.8 Å². The zero-order valence-corrected chi connectivity index (χ0v) is 20.1. The van der Waals surface area contributed by atoms with Crippen LogP contribution in [0.15, 0.2) is 52.3 Å². The van der Waals surface area contributed by atoms with Gasteiger partial charge in [-0.1, -0.05) is 0 Å². The van der Waals surface area contributed by atoms with E-state index in [1.807, 2.05) is 0 Å². The lowest BCUT2D eigenvalue weighted by Gasteiger charge is -2.32. The minimum Gasteiger partial charge on any atom is -0.495 e. The van der Waals surface area contributed by atoms with Crippen molar-refractivity contribution in [1.82, 2.24) is 13.9 Å². The summed E-state index contributed by atoms with van der Waals surface area (Å²) in [4.78, 5) is 14.4. The molecule has 1 N–H and O–H groups in total. The Balaban J connectivity index is 1.70. The highest BCUT2D eigenvalue weighted by atomic mass is 32.2. The molecule has 180 valence electrons. The molecule has 0 aliphatic carbocycles. The monoisotopic (exact) mass is 499 g/mol. The molecule has 1 saturated heterocycles. The number of hydrogen-bond acceptors (Lipinski definition) is 6. The van der Waals surface area contributed by atoms with Gasteiger partial charge in [0.25, 0.3) is 5.91 Å². The molecule has 2 aromatic rings. The van der Waals surface area contributed by atoms with Crippen LogP contribution in [0.2, 0.25) is 0 Å². The van der Waals surface area contributed by atoms with Gasteiger partial charge in [0.05, 0.1) is 12.0 Å². The molecular weight excluding hydrogens is 473 g/mol. The number of carbonyl (C=O) groups is 1. The standard InChI is InChI=1S/C21H26FN3O6S2/c1-24(2)33(29,30)20-14-15(4-9-19(20)31-3)21(26)25-12-10-17(11-13-25)23-32(27,28)18-7-5-16(22)6-8-18/h4-9,14,17,23H,10-13H2,1-3H3. The average molecular weight is 500 g/mol. The molecule has 0 atom stereocenters. The third-order valence-electron chi connectivity index (χ3n) is 5.40. The van der Waals surface area contributed by atoms with E-state index in [2.05, 4.69) is 4.72 Å². The molecule has 1 amide bonds. The average Bonchev–Trinajstić information content (AvgIpc) is 2.78. The molecule has 1 fully saturated rings. The van der Waals surface area contributed by atoms with E-state index in [1.54, 1.807) is 4.90 Å². The number of likely N-dealkylation sites (tertiary alicyclic amines) is 1. The number of halogens is 1. The van der Waals surface area contributed by atoms with Crippen LogP contribution in [0.1, 0.15) is 23.2 Å². The van der Waals surface area contributed by atoms with Gasteiger partial charge in [0.15, 0.2) is 0 Å². The van der Waals surface area contributed by atoms with Gasteiger partial charge < -0.3 is 9.64 Å². The molecule has 1 aliphatic heterocycles. The van der Waals surface area contributed by atoms with Gasteiger partial charge in [-0.3, -0.25) is 4.79 Å². The first-order chi connectivity index (χ1) is 15.5. The van der Waals surface area contributed by atoms with E-state index in [-0.39, 0.29) is 46.1 Å². The topological polar surface area (TPSA) is 113 Å². The number of sulfonamides is 2. The van der Waals surface area contributed by atoms with E-state index in [0.29, 0.717) is 12.8 Å². The SMILES string of the molecule is COc1ccc(C(=O)N2CCC(NS(=O)(=O)c3ccc(F)cc3)CC2)cc1S(=O)(=O)N(C)C. The number of nitrogens with zero attached hydrogens (tertiary/aromatic N) is 2. The number of piperidine rings is 1. The Morgan fingerprint density at radius 2 is 1.67 bits per heavy atom. The summed E-state index contributed by atoms with van der Waals surface area (Å²) in [6.07, 6.45) is 0.760. The van der Waals surface area contributed by atoms with Gasteiger partial charge >= 0.3 is 0 Å². The molecule has 2 aromatic carbocycles. The molecule has 0 bridgehead atoms. The van der Waals surface area contributed by atoms with Crippen LogP contribution >= 0.6 is 0 Å². The molecular formula is C21H26FN3O6S2.